The summed E-state index contributed by atoms with van der Waals surface area (Å²) in [5.74, 6) is -0.0653. The summed E-state index contributed by atoms with van der Waals surface area (Å²) in [6.07, 6.45) is 0. The zero-order chi connectivity index (χ0) is 16.2. The molecule has 116 valence electrons. The molecule has 0 amide bonds. The summed E-state index contributed by atoms with van der Waals surface area (Å²) in [6, 6.07) is 16.5. The van der Waals surface area contributed by atoms with E-state index >= 15 is 0 Å². The predicted molar refractivity (Wildman–Crippen MR) is 91.5 cm³/mol. The number of nitro groups is 1. The summed E-state index contributed by atoms with van der Waals surface area (Å²) in [7, 11) is 0. The number of benzene rings is 2. The Morgan fingerprint density at radius 2 is 1.83 bits per heavy atom. The predicted octanol–water partition coefficient (Wildman–Crippen LogP) is 3.81. The van der Waals surface area contributed by atoms with Gasteiger partial charge in [0, 0.05) is 35.5 Å². The van der Waals surface area contributed by atoms with E-state index in [4.69, 9.17) is 10.7 Å². The van der Waals surface area contributed by atoms with Crippen LogP contribution >= 0.6 is 11.3 Å². The summed E-state index contributed by atoms with van der Waals surface area (Å²) >= 11 is 1.57. The highest BCUT2D eigenvalue weighted by Crippen LogP contribution is 2.30. The zero-order valence-electron chi connectivity index (χ0n) is 12.3. The standard InChI is InChI=1S/C17H15N3O2S/c18-10-15(12-6-8-14(9-7-12)20(21)22)16-11-23-17(19-16)13-4-2-1-3-5-13/h1-9,11,15H,10,18H2/t15-/m1/s1. The second kappa shape index (κ2) is 6.68. The molecule has 0 radical (unpaired) electrons. The third-order valence-corrected chi connectivity index (χ3v) is 4.55. The highest BCUT2D eigenvalue weighted by Gasteiger charge is 2.17. The van der Waals surface area contributed by atoms with Crippen LogP contribution in [-0.4, -0.2) is 16.5 Å². The first-order chi connectivity index (χ1) is 11.2. The van der Waals surface area contributed by atoms with E-state index in [1.54, 1.807) is 23.5 Å². The number of aromatic nitrogens is 1. The van der Waals surface area contributed by atoms with Crippen LogP contribution in [0.3, 0.4) is 0 Å². The van der Waals surface area contributed by atoms with Gasteiger partial charge in [-0.15, -0.1) is 11.3 Å². The van der Waals surface area contributed by atoms with Crippen molar-refractivity contribution in [2.45, 2.75) is 5.92 Å². The first-order valence-corrected chi connectivity index (χ1v) is 8.02. The van der Waals surface area contributed by atoms with Crippen LogP contribution in [0.25, 0.3) is 10.6 Å². The van der Waals surface area contributed by atoms with Gasteiger partial charge in [0.15, 0.2) is 0 Å². The molecule has 0 saturated carbocycles. The van der Waals surface area contributed by atoms with Gasteiger partial charge in [-0.25, -0.2) is 4.98 Å². The summed E-state index contributed by atoms with van der Waals surface area (Å²) in [6.45, 7) is 0.399. The van der Waals surface area contributed by atoms with Gasteiger partial charge in [-0.05, 0) is 5.56 Å². The van der Waals surface area contributed by atoms with Crippen LogP contribution in [0.2, 0.25) is 0 Å². The number of hydrogen-bond acceptors (Lipinski definition) is 5. The molecule has 5 nitrogen and oxygen atoms in total. The highest BCUT2D eigenvalue weighted by molar-refractivity contribution is 7.13. The van der Waals surface area contributed by atoms with E-state index in [-0.39, 0.29) is 11.6 Å². The minimum atomic E-state index is -0.405. The van der Waals surface area contributed by atoms with E-state index < -0.39 is 4.92 Å². The van der Waals surface area contributed by atoms with Gasteiger partial charge >= 0.3 is 0 Å². The second-order valence-corrected chi connectivity index (χ2v) is 5.94. The molecule has 0 bridgehead atoms. The lowest BCUT2D eigenvalue weighted by molar-refractivity contribution is -0.384. The van der Waals surface area contributed by atoms with Gasteiger partial charge in [-0.1, -0.05) is 42.5 Å². The smallest absolute Gasteiger partial charge is 0.269 e. The van der Waals surface area contributed by atoms with E-state index in [2.05, 4.69) is 0 Å². The minimum Gasteiger partial charge on any atom is -0.329 e. The molecule has 1 atom stereocenters. The summed E-state index contributed by atoms with van der Waals surface area (Å²) in [5.41, 5.74) is 8.89. The Balaban J connectivity index is 1.89. The quantitative estimate of drug-likeness (QED) is 0.571. The molecule has 6 heteroatoms. The molecule has 0 aliphatic carbocycles. The summed E-state index contributed by atoms with van der Waals surface area (Å²) in [4.78, 5) is 15.0. The third-order valence-electron chi connectivity index (χ3n) is 3.64. The van der Waals surface area contributed by atoms with Gasteiger partial charge in [0.05, 0.1) is 10.6 Å². The van der Waals surface area contributed by atoms with Gasteiger partial charge < -0.3 is 5.73 Å². The fraction of sp³-hybridized carbons (Fsp3) is 0.118. The topological polar surface area (TPSA) is 82.0 Å². The Kier molecular flexibility index (Phi) is 4.45. The summed E-state index contributed by atoms with van der Waals surface area (Å²) in [5, 5.41) is 13.7. The van der Waals surface area contributed by atoms with E-state index in [0.717, 1.165) is 21.8 Å². The van der Waals surface area contributed by atoms with Crippen molar-refractivity contribution in [2.24, 2.45) is 5.73 Å². The molecular formula is C17H15N3O2S. The van der Waals surface area contributed by atoms with Gasteiger partial charge in [0.1, 0.15) is 5.01 Å². The van der Waals surface area contributed by atoms with Crippen molar-refractivity contribution in [1.82, 2.24) is 4.98 Å². The Labute approximate surface area is 137 Å². The minimum absolute atomic E-state index is 0.0653. The monoisotopic (exact) mass is 325 g/mol. The van der Waals surface area contributed by atoms with Crippen molar-refractivity contribution in [1.29, 1.82) is 0 Å². The summed E-state index contributed by atoms with van der Waals surface area (Å²) < 4.78 is 0. The third kappa shape index (κ3) is 3.28. The van der Waals surface area contributed by atoms with Gasteiger partial charge in [0.25, 0.3) is 5.69 Å². The number of non-ortho nitro benzene ring substituents is 1. The first-order valence-electron chi connectivity index (χ1n) is 7.14. The van der Waals surface area contributed by atoms with Crippen molar-refractivity contribution in [3.05, 3.63) is 81.3 Å². The number of thiazole rings is 1. The molecule has 3 rings (SSSR count). The Hall–Kier alpha value is -2.57. The van der Waals surface area contributed by atoms with Crippen LogP contribution in [0, 0.1) is 10.1 Å². The van der Waals surface area contributed by atoms with Crippen molar-refractivity contribution in [3.8, 4) is 10.6 Å². The lowest BCUT2D eigenvalue weighted by Gasteiger charge is -2.12. The van der Waals surface area contributed by atoms with Gasteiger partial charge in [0.2, 0.25) is 0 Å². The highest BCUT2D eigenvalue weighted by atomic mass is 32.1. The SMILES string of the molecule is NC[C@H](c1ccc([N+](=O)[O-])cc1)c1csc(-c2ccccc2)n1. The maximum absolute atomic E-state index is 10.8. The van der Waals surface area contributed by atoms with Crippen molar-refractivity contribution in [3.63, 3.8) is 0 Å². The Morgan fingerprint density at radius 3 is 2.43 bits per heavy atom. The fourth-order valence-electron chi connectivity index (χ4n) is 2.42. The van der Waals surface area contributed by atoms with Crippen molar-refractivity contribution in [2.75, 3.05) is 6.54 Å². The normalized spacial score (nSPS) is 12.0. The molecule has 0 unspecified atom stereocenters. The molecular weight excluding hydrogens is 310 g/mol. The van der Waals surface area contributed by atoms with E-state index in [9.17, 15) is 10.1 Å². The van der Waals surface area contributed by atoms with E-state index in [1.165, 1.54) is 12.1 Å². The van der Waals surface area contributed by atoms with Gasteiger partial charge in [-0.2, -0.15) is 0 Å². The number of nitro benzene ring substituents is 1. The lowest BCUT2D eigenvalue weighted by Crippen LogP contribution is -2.14. The average Bonchev–Trinajstić information content (AvgIpc) is 3.06. The number of nitrogens with zero attached hydrogens (tertiary/aromatic N) is 2. The number of nitrogens with two attached hydrogens (primary N) is 1. The first kappa shape index (κ1) is 15.3. The van der Waals surface area contributed by atoms with E-state index in [1.807, 2.05) is 35.7 Å². The lowest BCUT2D eigenvalue weighted by atomic mass is 9.96. The molecule has 2 N–H and O–H groups in total. The van der Waals surface area contributed by atoms with Crippen LogP contribution < -0.4 is 5.73 Å². The molecule has 0 fully saturated rings. The van der Waals surface area contributed by atoms with Crippen LogP contribution in [-0.2, 0) is 0 Å². The maximum atomic E-state index is 10.8. The Morgan fingerprint density at radius 1 is 1.13 bits per heavy atom. The molecule has 0 aliphatic heterocycles. The molecule has 0 spiro atoms. The van der Waals surface area contributed by atoms with Crippen molar-refractivity contribution < 1.29 is 4.92 Å². The Bertz CT molecular complexity index is 800. The van der Waals surface area contributed by atoms with Crippen LogP contribution in [0.5, 0.6) is 0 Å². The zero-order valence-corrected chi connectivity index (χ0v) is 13.1. The molecule has 0 aliphatic rings. The van der Waals surface area contributed by atoms with E-state index in [0.29, 0.717) is 6.54 Å². The maximum Gasteiger partial charge on any atom is 0.269 e. The van der Waals surface area contributed by atoms with Crippen LogP contribution in [0.4, 0.5) is 5.69 Å². The second-order valence-electron chi connectivity index (χ2n) is 5.08. The van der Waals surface area contributed by atoms with Crippen molar-refractivity contribution >= 4 is 17.0 Å². The average molecular weight is 325 g/mol. The van der Waals surface area contributed by atoms with Crippen LogP contribution in [0.15, 0.2) is 60.0 Å². The molecule has 1 aromatic heterocycles. The molecule has 23 heavy (non-hydrogen) atoms. The molecule has 2 aromatic carbocycles. The number of rotatable bonds is 5. The fourth-order valence-corrected chi connectivity index (χ4v) is 3.30. The molecule has 1 heterocycles. The van der Waals surface area contributed by atoms with Crippen LogP contribution in [0.1, 0.15) is 17.2 Å². The molecule has 0 saturated heterocycles. The molecule has 3 aromatic rings. The number of hydrogen-bond donors (Lipinski definition) is 1. The largest absolute Gasteiger partial charge is 0.329 e. The van der Waals surface area contributed by atoms with Gasteiger partial charge in [-0.3, -0.25) is 10.1 Å².